The van der Waals surface area contributed by atoms with Crippen molar-refractivity contribution in [3.8, 4) is 6.07 Å². The van der Waals surface area contributed by atoms with E-state index in [1.165, 1.54) is 0 Å². The molecule has 0 heterocycles. The second-order valence-corrected chi connectivity index (χ2v) is 4.72. The summed E-state index contributed by atoms with van der Waals surface area (Å²) in [6, 6.07) is 2.16. The van der Waals surface area contributed by atoms with E-state index in [2.05, 4.69) is 37.1 Å². The summed E-state index contributed by atoms with van der Waals surface area (Å²) in [5, 5.41) is 12.6. The first kappa shape index (κ1) is 15.2. The van der Waals surface area contributed by atoms with Gasteiger partial charge in [0.05, 0.1) is 12.5 Å². The molecule has 0 saturated carbocycles. The number of hydrogen-bond donors (Lipinski definition) is 1. The molecular weight excluding hydrogens is 218 g/mol. The third kappa shape index (κ3) is 7.47. The number of nitrogens with zero attached hydrogens (tertiary/aromatic N) is 2. The fourth-order valence-corrected chi connectivity index (χ4v) is 1.65. The van der Waals surface area contributed by atoms with E-state index >= 15 is 0 Å². The van der Waals surface area contributed by atoms with Gasteiger partial charge in [0, 0.05) is 19.6 Å². The quantitative estimate of drug-likeness (QED) is 0.549. The van der Waals surface area contributed by atoms with Gasteiger partial charge in [0.25, 0.3) is 0 Å². The molecule has 0 atom stereocenters. The van der Waals surface area contributed by atoms with E-state index in [1.54, 1.807) is 0 Å². The fraction of sp³-hybridized carbons (Fsp3) is 0.833. The molecule has 0 bridgehead atoms. The molecule has 0 fully saturated rings. The van der Waals surface area contributed by atoms with Gasteiger partial charge < -0.3 is 10.2 Å². The van der Waals surface area contributed by atoms with Crippen molar-refractivity contribution in [3.63, 3.8) is 0 Å². The first-order valence-corrected chi connectivity index (χ1v) is 6.42. The van der Waals surface area contributed by atoms with Crippen LogP contribution in [0.3, 0.4) is 0 Å². The molecule has 0 spiro atoms. The van der Waals surface area contributed by atoms with Crippen LogP contribution in [0.1, 0.15) is 40.0 Å². The Labute approximate surface area is 105 Å². The highest BCUT2D eigenvalue weighted by molar-refractivity contribution is 7.80. The van der Waals surface area contributed by atoms with Crippen molar-refractivity contribution in [2.45, 2.75) is 40.0 Å². The summed E-state index contributed by atoms with van der Waals surface area (Å²) in [7, 11) is 0. The molecule has 0 unspecified atom stereocenters. The molecule has 0 aliphatic rings. The fourth-order valence-electron chi connectivity index (χ4n) is 1.39. The summed E-state index contributed by atoms with van der Waals surface area (Å²) in [6.45, 7) is 9.05. The summed E-state index contributed by atoms with van der Waals surface area (Å²) in [4.78, 5) is 2.10. The van der Waals surface area contributed by atoms with E-state index < -0.39 is 0 Å². The van der Waals surface area contributed by atoms with Crippen LogP contribution < -0.4 is 5.32 Å². The highest BCUT2D eigenvalue weighted by Gasteiger charge is 2.10. The molecule has 0 amide bonds. The van der Waals surface area contributed by atoms with Gasteiger partial charge in [0.1, 0.15) is 0 Å². The van der Waals surface area contributed by atoms with Gasteiger partial charge in [0.2, 0.25) is 0 Å². The Morgan fingerprint density at radius 1 is 1.50 bits per heavy atom. The van der Waals surface area contributed by atoms with Gasteiger partial charge >= 0.3 is 0 Å². The first-order valence-electron chi connectivity index (χ1n) is 6.01. The van der Waals surface area contributed by atoms with E-state index in [9.17, 15) is 0 Å². The van der Waals surface area contributed by atoms with Crippen LogP contribution in [-0.4, -0.2) is 29.6 Å². The lowest BCUT2D eigenvalue weighted by Crippen LogP contribution is -2.42. The minimum Gasteiger partial charge on any atom is -0.363 e. The van der Waals surface area contributed by atoms with Gasteiger partial charge in [-0.3, -0.25) is 0 Å². The molecule has 0 aliphatic heterocycles. The third-order valence-electron chi connectivity index (χ3n) is 2.17. The lowest BCUT2D eigenvalue weighted by Gasteiger charge is -2.26. The summed E-state index contributed by atoms with van der Waals surface area (Å²) in [5.41, 5.74) is 0. The number of nitrogens with one attached hydrogen (secondary N) is 1. The number of nitriles is 1. The molecular formula is C12H23N3S. The Kier molecular flexibility index (Phi) is 8.93. The predicted octanol–water partition coefficient (Wildman–Crippen LogP) is 2.53. The van der Waals surface area contributed by atoms with Crippen LogP contribution in [0.4, 0.5) is 0 Å². The molecule has 0 rings (SSSR count). The van der Waals surface area contributed by atoms with E-state index in [0.29, 0.717) is 12.3 Å². The Balaban J connectivity index is 4.05. The molecule has 0 aromatic heterocycles. The average Bonchev–Trinajstić information content (AvgIpc) is 2.23. The van der Waals surface area contributed by atoms with Crippen molar-refractivity contribution < 1.29 is 0 Å². The smallest absolute Gasteiger partial charge is 0.168 e. The average molecular weight is 241 g/mol. The number of unbranched alkanes of at least 4 members (excludes halogenated alkanes) is 1. The van der Waals surface area contributed by atoms with Gasteiger partial charge in [-0.25, -0.2) is 0 Å². The second-order valence-electron chi connectivity index (χ2n) is 4.33. The summed E-state index contributed by atoms with van der Waals surface area (Å²) >= 11 is 5.33. The van der Waals surface area contributed by atoms with Crippen LogP contribution in [0.25, 0.3) is 0 Å². The van der Waals surface area contributed by atoms with Crippen molar-refractivity contribution in [3.05, 3.63) is 0 Å². The van der Waals surface area contributed by atoms with E-state index in [1.807, 2.05) is 0 Å². The second kappa shape index (κ2) is 9.41. The lowest BCUT2D eigenvalue weighted by molar-refractivity contribution is 0.366. The van der Waals surface area contributed by atoms with Gasteiger partial charge in [-0.1, -0.05) is 27.2 Å². The minimum atomic E-state index is 0.530. The van der Waals surface area contributed by atoms with Crippen molar-refractivity contribution in [2.75, 3.05) is 19.6 Å². The van der Waals surface area contributed by atoms with Crippen molar-refractivity contribution >= 4 is 17.3 Å². The van der Waals surface area contributed by atoms with Crippen molar-refractivity contribution in [2.24, 2.45) is 5.92 Å². The monoisotopic (exact) mass is 241 g/mol. The highest BCUT2D eigenvalue weighted by atomic mass is 32.1. The van der Waals surface area contributed by atoms with E-state index in [4.69, 9.17) is 17.5 Å². The van der Waals surface area contributed by atoms with Crippen LogP contribution in [0, 0.1) is 17.2 Å². The lowest BCUT2D eigenvalue weighted by atomic mass is 10.2. The highest BCUT2D eigenvalue weighted by Crippen LogP contribution is 2.01. The molecule has 1 N–H and O–H groups in total. The first-order chi connectivity index (χ1) is 7.61. The van der Waals surface area contributed by atoms with Gasteiger partial charge in [-0.15, -0.1) is 0 Å². The van der Waals surface area contributed by atoms with Gasteiger partial charge in [-0.05, 0) is 24.6 Å². The normalized spacial score (nSPS) is 9.94. The standard InChI is InChI=1S/C12H23N3S/c1-4-5-8-14-12(16)15(9-6-7-13)10-11(2)3/h11H,4-6,8-10H2,1-3H3,(H,14,16). The predicted molar refractivity (Wildman–Crippen MR) is 72.1 cm³/mol. The maximum Gasteiger partial charge on any atom is 0.168 e. The van der Waals surface area contributed by atoms with Gasteiger partial charge in [-0.2, -0.15) is 5.26 Å². The van der Waals surface area contributed by atoms with E-state index in [-0.39, 0.29) is 0 Å². The number of rotatable bonds is 7. The van der Waals surface area contributed by atoms with Crippen LogP contribution in [0.15, 0.2) is 0 Å². The molecule has 92 valence electrons. The van der Waals surface area contributed by atoms with Crippen LogP contribution in [-0.2, 0) is 0 Å². The zero-order chi connectivity index (χ0) is 12.4. The molecule has 0 aromatic carbocycles. The molecule has 16 heavy (non-hydrogen) atoms. The Hall–Kier alpha value is -0.820. The summed E-state index contributed by atoms with van der Waals surface area (Å²) < 4.78 is 0. The summed E-state index contributed by atoms with van der Waals surface area (Å²) in [6.07, 6.45) is 2.83. The minimum absolute atomic E-state index is 0.530. The third-order valence-corrected chi connectivity index (χ3v) is 2.58. The number of thiocarbonyl (C=S) groups is 1. The molecule has 0 radical (unpaired) electrons. The molecule has 0 aromatic rings. The number of hydrogen-bond acceptors (Lipinski definition) is 2. The Bertz CT molecular complexity index is 233. The molecule has 4 heteroatoms. The van der Waals surface area contributed by atoms with Crippen molar-refractivity contribution in [1.82, 2.24) is 10.2 Å². The van der Waals surface area contributed by atoms with Crippen molar-refractivity contribution in [1.29, 1.82) is 5.26 Å². The topological polar surface area (TPSA) is 39.1 Å². The molecule has 3 nitrogen and oxygen atoms in total. The van der Waals surface area contributed by atoms with Crippen LogP contribution in [0.2, 0.25) is 0 Å². The van der Waals surface area contributed by atoms with Gasteiger partial charge in [0.15, 0.2) is 5.11 Å². The molecule has 0 saturated heterocycles. The maximum absolute atomic E-state index is 8.60. The van der Waals surface area contributed by atoms with Crippen LogP contribution in [0.5, 0.6) is 0 Å². The zero-order valence-electron chi connectivity index (χ0n) is 10.6. The molecule has 0 aliphatic carbocycles. The SMILES string of the molecule is CCCCNC(=S)N(CCC#N)CC(C)C. The Morgan fingerprint density at radius 2 is 2.19 bits per heavy atom. The summed E-state index contributed by atoms with van der Waals surface area (Å²) in [5.74, 6) is 0.560. The largest absolute Gasteiger partial charge is 0.363 e. The maximum atomic E-state index is 8.60. The Morgan fingerprint density at radius 3 is 2.69 bits per heavy atom. The van der Waals surface area contributed by atoms with E-state index in [0.717, 1.165) is 37.6 Å². The zero-order valence-corrected chi connectivity index (χ0v) is 11.4. The van der Waals surface area contributed by atoms with Crippen LogP contribution >= 0.6 is 12.2 Å².